The maximum absolute atomic E-state index is 10.3. The summed E-state index contributed by atoms with van der Waals surface area (Å²) in [5, 5.41) is 8.48. The van der Waals surface area contributed by atoms with Gasteiger partial charge < -0.3 is 9.84 Å². The minimum atomic E-state index is -1.18. The van der Waals surface area contributed by atoms with E-state index in [2.05, 4.69) is 38.5 Å². The summed E-state index contributed by atoms with van der Waals surface area (Å²) in [6.45, 7) is 9.00. The normalized spacial score (nSPS) is 31.8. The van der Waals surface area contributed by atoms with Crippen LogP contribution in [0.3, 0.4) is 0 Å². The number of allylic oxidation sites excluding steroid dienone is 2. The van der Waals surface area contributed by atoms with Gasteiger partial charge in [0, 0.05) is 0 Å². The van der Waals surface area contributed by atoms with Crippen molar-refractivity contribution in [2.24, 2.45) is 23.7 Å². The smallest absolute Gasteiger partial charge is 0.450 e. The summed E-state index contributed by atoms with van der Waals surface area (Å²) in [5.74, 6) is 2.03. The maximum atomic E-state index is 10.3. The molecule has 0 aliphatic heterocycles. The van der Waals surface area contributed by atoms with Crippen LogP contribution in [0.1, 0.15) is 34.1 Å². The Balaban J connectivity index is 2.59. The van der Waals surface area contributed by atoms with Gasteiger partial charge in [-0.2, -0.15) is 0 Å². The monoisotopic (exact) mass is 226 g/mol. The summed E-state index contributed by atoms with van der Waals surface area (Å²) in [5.41, 5.74) is 1.38. The van der Waals surface area contributed by atoms with Gasteiger partial charge in [0.1, 0.15) is 0 Å². The van der Waals surface area contributed by atoms with Crippen LogP contribution in [-0.2, 0) is 4.74 Å². The first-order valence-corrected chi connectivity index (χ1v) is 5.95. The van der Waals surface area contributed by atoms with E-state index in [1.54, 1.807) is 0 Å². The lowest BCUT2D eigenvalue weighted by Crippen LogP contribution is -2.27. The third-order valence-corrected chi connectivity index (χ3v) is 3.79. The maximum Gasteiger partial charge on any atom is 0.505 e. The number of carboxylic acid groups (broad SMARTS) is 1. The summed E-state index contributed by atoms with van der Waals surface area (Å²) >= 11 is 0. The number of hydrogen-bond donors (Lipinski definition) is 1. The highest BCUT2D eigenvalue weighted by Gasteiger charge is 2.28. The summed E-state index contributed by atoms with van der Waals surface area (Å²) < 4.78 is 4.66. The van der Waals surface area contributed by atoms with E-state index in [0.717, 1.165) is 6.42 Å². The van der Waals surface area contributed by atoms with Crippen LogP contribution in [0, 0.1) is 23.7 Å². The second kappa shape index (κ2) is 5.37. The van der Waals surface area contributed by atoms with Crippen molar-refractivity contribution < 1.29 is 14.6 Å². The van der Waals surface area contributed by atoms with Gasteiger partial charge >= 0.3 is 6.16 Å². The Morgan fingerprint density at radius 3 is 2.81 bits per heavy atom. The lowest BCUT2D eigenvalue weighted by molar-refractivity contribution is 0.0686. The van der Waals surface area contributed by atoms with Gasteiger partial charge in [-0.3, -0.25) is 0 Å². The van der Waals surface area contributed by atoms with Gasteiger partial charge in [0.15, 0.2) is 0 Å². The van der Waals surface area contributed by atoms with Crippen LogP contribution in [0.25, 0.3) is 0 Å². The molecule has 0 radical (unpaired) electrons. The van der Waals surface area contributed by atoms with Crippen molar-refractivity contribution in [3.63, 3.8) is 0 Å². The molecular formula is C13H22O3. The van der Waals surface area contributed by atoms with Crippen molar-refractivity contribution in [2.45, 2.75) is 34.1 Å². The van der Waals surface area contributed by atoms with Crippen LogP contribution in [-0.4, -0.2) is 17.9 Å². The zero-order chi connectivity index (χ0) is 12.3. The number of ether oxygens (including phenoxy) is 1. The Labute approximate surface area is 97.5 Å². The van der Waals surface area contributed by atoms with E-state index in [0.29, 0.717) is 24.4 Å². The van der Waals surface area contributed by atoms with Gasteiger partial charge in [-0.05, 0) is 37.0 Å². The van der Waals surface area contributed by atoms with Crippen molar-refractivity contribution in [3.8, 4) is 0 Å². The van der Waals surface area contributed by atoms with Gasteiger partial charge in [-0.25, -0.2) is 4.79 Å². The van der Waals surface area contributed by atoms with E-state index in [-0.39, 0.29) is 5.92 Å². The number of rotatable bonds is 3. The van der Waals surface area contributed by atoms with Crippen molar-refractivity contribution in [1.82, 2.24) is 0 Å². The lowest BCUT2D eigenvalue weighted by atomic mass is 9.72. The zero-order valence-electron chi connectivity index (χ0n) is 10.6. The third kappa shape index (κ3) is 3.26. The predicted octanol–water partition coefficient (Wildman–Crippen LogP) is 3.56. The second-order valence-corrected chi connectivity index (χ2v) is 5.14. The Kier molecular flexibility index (Phi) is 4.39. The van der Waals surface area contributed by atoms with Crippen LogP contribution < -0.4 is 0 Å². The molecule has 0 bridgehead atoms. The molecule has 1 aliphatic carbocycles. The van der Waals surface area contributed by atoms with E-state index in [1.807, 2.05) is 0 Å². The van der Waals surface area contributed by atoms with Crippen molar-refractivity contribution in [2.75, 3.05) is 6.61 Å². The topological polar surface area (TPSA) is 46.5 Å². The molecule has 0 heterocycles. The molecule has 1 N–H and O–H groups in total. The van der Waals surface area contributed by atoms with Crippen LogP contribution in [0.4, 0.5) is 4.79 Å². The van der Waals surface area contributed by atoms with Gasteiger partial charge in [-0.15, -0.1) is 0 Å². The fourth-order valence-electron chi connectivity index (χ4n) is 2.50. The van der Waals surface area contributed by atoms with Gasteiger partial charge in [0.25, 0.3) is 0 Å². The van der Waals surface area contributed by atoms with Crippen LogP contribution in [0.2, 0.25) is 0 Å². The van der Waals surface area contributed by atoms with Gasteiger partial charge in [0.05, 0.1) is 6.61 Å². The second-order valence-electron chi connectivity index (χ2n) is 5.14. The summed E-state index contributed by atoms with van der Waals surface area (Å²) in [6.07, 6.45) is 2.27. The Morgan fingerprint density at radius 1 is 1.62 bits per heavy atom. The largest absolute Gasteiger partial charge is 0.505 e. The van der Waals surface area contributed by atoms with Crippen molar-refractivity contribution in [3.05, 3.63) is 11.6 Å². The fourth-order valence-corrected chi connectivity index (χ4v) is 2.50. The molecule has 0 aromatic heterocycles. The van der Waals surface area contributed by atoms with Crippen LogP contribution >= 0.6 is 0 Å². The molecule has 0 spiro atoms. The van der Waals surface area contributed by atoms with Crippen LogP contribution in [0.15, 0.2) is 11.6 Å². The summed E-state index contributed by atoms with van der Waals surface area (Å²) in [6, 6.07) is 0. The van der Waals surface area contributed by atoms with E-state index in [9.17, 15) is 4.79 Å². The molecule has 4 unspecified atom stereocenters. The van der Waals surface area contributed by atoms with E-state index in [4.69, 9.17) is 5.11 Å². The first-order chi connectivity index (χ1) is 7.41. The van der Waals surface area contributed by atoms with Gasteiger partial charge in [0.2, 0.25) is 0 Å². The Bertz CT molecular complexity index is 283. The average Bonchev–Trinajstić information content (AvgIpc) is 2.20. The molecular weight excluding hydrogens is 204 g/mol. The first kappa shape index (κ1) is 13.1. The molecule has 0 fully saturated rings. The predicted molar refractivity (Wildman–Crippen MR) is 63.3 cm³/mol. The molecule has 0 aromatic rings. The molecule has 3 nitrogen and oxygen atoms in total. The third-order valence-electron chi connectivity index (χ3n) is 3.79. The summed E-state index contributed by atoms with van der Waals surface area (Å²) in [7, 11) is 0. The molecule has 4 atom stereocenters. The Hall–Kier alpha value is -0.990. The quantitative estimate of drug-likeness (QED) is 0.591. The highest BCUT2D eigenvalue weighted by Crippen LogP contribution is 2.36. The van der Waals surface area contributed by atoms with Crippen molar-refractivity contribution >= 4 is 6.16 Å². The van der Waals surface area contributed by atoms with Crippen LogP contribution in [0.5, 0.6) is 0 Å². The molecule has 0 saturated carbocycles. The van der Waals surface area contributed by atoms with E-state index < -0.39 is 6.16 Å². The molecule has 0 saturated heterocycles. The average molecular weight is 226 g/mol. The summed E-state index contributed by atoms with van der Waals surface area (Å²) in [4.78, 5) is 10.3. The van der Waals surface area contributed by atoms with E-state index >= 15 is 0 Å². The minimum Gasteiger partial charge on any atom is -0.450 e. The minimum absolute atomic E-state index is 0.266. The molecule has 3 heteroatoms. The first-order valence-electron chi connectivity index (χ1n) is 5.95. The molecule has 1 aliphatic rings. The van der Waals surface area contributed by atoms with Gasteiger partial charge in [-0.1, -0.05) is 32.4 Å². The standard InChI is InChI=1S/C13H22O3/c1-8-5-10(3)12(6-9(8)2)11(4)7-16-13(14)15/h5,8-9,11-12H,6-7H2,1-4H3,(H,14,15). The molecule has 92 valence electrons. The molecule has 0 amide bonds. The SMILES string of the molecule is CC1=CC(C)C(C)CC1C(C)COC(=O)O. The molecule has 16 heavy (non-hydrogen) atoms. The Morgan fingerprint density at radius 2 is 2.25 bits per heavy atom. The number of carbonyl (C=O) groups is 1. The van der Waals surface area contributed by atoms with E-state index in [1.165, 1.54) is 5.57 Å². The zero-order valence-corrected chi connectivity index (χ0v) is 10.6. The molecule has 1 rings (SSSR count). The fraction of sp³-hybridized carbons (Fsp3) is 0.769. The highest BCUT2D eigenvalue weighted by atomic mass is 16.7. The molecule has 0 aromatic carbocycles. The van der Waals surface area contributed by atoms with Crippen molar-refractivity contribution in [1.29, 1.82) is 0 Å². The lowest BCUT2D eigenvalue weighted by Gasteiger charge is -2.34. The highest BCUT2D eigenvalue weighted by molar-refractivity contribution is 5.56. The number of hydrogen-bond acceptors (Lipinski definition) is 2.